The second-order valence-electron chi connectivity index (χ2n) is 5.61. The summed E-state index contributed by atoms with van der Waals surface area (Å²) in [6.07, 6.45) is 6.06. The molecule has 0 saturated heterocycles. The summed E-state index contributed by atoms with van der Waals surface area (Å²) in [4.78, 5) is 24.5. The van der Waals surface area contributed by atoms with Gasteiger partial charge >= 0.3 is 0 Å². The zero-order valence-electron chi connectivity index (χ0n) is 12.0. The van der Waals surface area contributed by atoms with Crippen LogP contribution in [-0.4, -0.2) is 29.3 Å². The van der Waals surface area contributed by atoms with E-state index in [2.05, 4.69) is 15.9 Å². The Morgan fingerprint density at radius 1 is 1.38 bits per heavy atom. The summed E-state index contributed by atoms with van der Waals surface area (Å²) >= 11 is 3.30. The lowest BCUT2D eigenvalue weighted by Gasteiger charge is -2.27. The van der Waals surface area contributed by atoms with Gasteiger partial charge in [-0.25, -0.2) is 0 Å². The number of hydrogen-bond acceptors (Lipinski definition) is 3. The lowest BCUT2D eigenvalue weighted by molar-refractivity contribution is -0.384. The standard InChI is InChI=1S/C15H19BrN2O3/c1-17(10-11-5-3-2-4-6-11)15(19)13-9-12(18(20)21)7-8-14(13)16/h7-9,11H,2-6,10H2,1H3. The Bertz CT molecular complexity index is 542. The Kier molecular flexibility index (Phi) is 5.33. The molecule has 0 aliphatic heterocycles. The Labute approximate surface area is 132 Å². The van der Waals surface area contributed by atoms with E-state index in [4.69, 9.17) is 0 Å². The Morgan fingerprint density at radius 3 is 2.67 bits per heavy atom. The molecule has 1 saturated carbocycles. The maximum absolute atomic E-state index is 12.5. The molecule has 1 aliphatic rings. The average molecular weight is 355 g/mol. The minimum Gasteiger partial charge on any atom is -0.341 e. The molecule has 0 spiro atoms. The van der Waals surface area contributed by atoms with E-state index in [1.54, 1.807) is 18.0 Å². The fourth-order valence-corrected chi connectivity index (χ4v) is 3.25. The van der Waals surface area contributed by atoms with Crippen molar-refractivity contribution in [2.45, 2.75) is 32.1 Å². The van der Waals surface area contributed by atoms with Gasteiger partial charge in [-0.2, -0.15) is 0 Å². The Balaban J connectivity index is 2.10. The number of non-ortho nitro benzene ring substituents is 1. The molecule has 1 aromatic carbocycles. The molecule has 1 amide bonds. The van der Waals surface area contributed by atoms with Crippen molar-refractivity contribution in [3.63, 3.8) is 0 Å². The van der Waals surface area contributed by atoms with E-state index in [1.807, 2.05) is 0 Å². The Hall–Kier alpha value is -1.43. The number of halogens is 1. The quantitative estimate of drug-likeness (QED) is 0.606. The highest BCUT2D eigenvalue weighted by atomic mass is 79.9. The van der Waals surface area contributed by atoms with Crippen molar-refractivity contribution < 1.29 is 9.72 Å². The normalized spacial score (nSPS) is 15.7. The van der Waals surface area contributed by atoms with Gasteiger partial charge in [0.1, 0.15) is 0 Å². The molecule has 0 N–H and O–H groups in total. The highest BCUT2D eigenvalue weighted by Crippen LogP contribution is 2.27. The molecular weight excluding hydrogens is 336 g/mol. The highest BCUT2D eigenvalue weighted by molar-refractivity contribution is 9.10. The summed E-state index contributed by atoms with van der Waals surface area (Å²) in [7, 11) is 1.77. The number of carbonyl (C=O) groups is 1. The largest absolute Gasteiger partial charge is 0.341 e. The van der Waals surface area contributed by atoms with E-state index in [0.29, 0.717) is 22.5 Å². The summed E-state index contributed by atoms with van der Waals surface area (Å²) in [6.45, 7) is 0.716. The van der Waals surface area contributed by atoms with Gasteiger partial charge in [0.15, 0.2) is 0 Å². The smallest absolute Gasteiger partial charge is 0.270 e. The zero-order chi connectivity index (χ0) is 15.4. The molecule has 1 aromatic rings. The molecule has 6 heteroatoms. The lowest BCUT2D eigenvalue weighted by atomic mass is 9.89. The molecule has 0 atom stereocenters. The number of rotatable bonds is 4. The molecule has 2 rings (SSSR count). The van der Waals surface area contributed by atoms with Gasteiger partial charge in [-0.3, -0.25) is 14.9 Å². The van der Waals surface area contributed by atoms with Crippen molar-refractivity contribution in [2.24, 2.45) is 5.92 Å². The summed E-state index contributed by atoms with van der Waals surface area (Å²) in [5.74, 6) is 0.376. The van der Waals surface area contributed by atoms with Crippen molar-refractivity contribution in [3.8, 4) is 0 Å². The topological polar surface area (TPSA) is 63.5 Å². The molecule has 0 heterocycles. The first-order valence-corrected chi connectivity index (χ1v) is 7.97. The lowest BCUT2D eigenvalue weighted by Crippen LogP contribution is -2.32. The number of nitrogens with zero attached hydrogens (tertiary/aromatic N) is 2. The van der Waals surface area contributed by atoms with Crippen LogP contribution in [0.4, 0.5) is 5.69 Å². The third-order valence-corrected chi connectivity index (χ3v) is 4.69. The fraction of sp³-hybridized carbons (Fsp3) is 0.533. The van der Waals surface area contributed by atoms with Crippen LogP contribution in [0.2, 0.25) is 0 Å². The summed E-state index contributed by atoms with van der Waals surface area (Å²) in [5.41, 5.74) is 0.287. The van der Waals surface area contributed by atoms with Crippen molar-refractivity contribution >= 4 is 27.5 Å². The first kappa shape index (κ1) is 15.9. The van der Waals surface area contributed by atoms with Crippen molar-refractivity contribution in [1.82, 2.24) is 4.90 Å². The van der Waals surface area contributed by atoms with E-state index < -0.39 is 4.92 Å². The number of nitro benzene ring substituents is 1. The van der Waals surface area contributed by atoms with Crippen LogP contribution in [0.1, 0.15) is 42.5 Å². The minimum atomic E-state index is -0.482. The molecule has 21 heavy (non-hydrogen) atoms. The monoisotopic (exact) mass is 354 g/mol. The average Bonchev–Trinajstić information content (AvgIpc) is 2.47. The molecule has 0 radical (unpaired) electrons. The molecular formula is C15H19BrN2O3. The Morgan fingerprint density at radius 2 is 2.05 bits per heavy atom. The zero-order valence-corrected chi connectivity index (χ0v) is 13.6. The molecule has 1 aliphatic carbocycles. The summed E-state index contributed by atoms with van der Waals surface area (Å²) in [5, 5.41) is 10.8. The van der Waals surface area contributed by atoms with Crippen LogP contribution >= 0.6 is 15.9 Å². The maximum Gasteiger partial charge on any atom is 0.270 e. The third kappa shape index (κ3) is 4.03. The third-order valence-electron chi connectivity index (χ3n) is 3.99. The van der Waals surface area contributed by atoms with Gasteiger partial charge in [-0.1, -0.05) is 19.3 Å². The van der Waals surface area contributed by atoms with E-state index in [9.17, 15) is 14.9 Å². The second kappa shape index (κ2) is 7.02. The van der Waals surface area contributed by atoms with Crippen LogP contribution in [0.3, 0.4) is 0 Å². The number of benzene rings is 1. The SMILES string of the molecule is CN(CC1CCCCC1)C(=O)c1cc([N+](=O)[O-])ccc1Br. The van der Waals surface area contributed by atoms with Crippen LogP contribution in [-0.2, 0) is 0 Å². The van der Waals surface area contributed by atoms with Gasteiger partial charge in [0.2, 0.25) is 0 Å². The first-order chi connectivity index (χ1) is 9.99. The number of nitro groups is 1. The molecule has 0 unspecified atom stereocenters. The van der Waals surface area contributed by atoms with Crippen molar-refractivity contribution in [1.29, 1.82) is 0 Å². The predicted molar refractivity (Wildman–Crippen MR) is 84.3 cm³/mol. The van der Waals surface area contributed by atoms with Crippen molar-refractivity contribution in [2.75, 3.05) is 13.6 Å². The molecule has 0 bridgehead atoms. The van der Waals surface area contributed by atoms with Crippen LogP contribution < -0.4 is 0 Å². The number of amides is 1. The van der Waals surface area contributed by atoms with Crippen molar-refractivity contribution in [3.05, 3.63) is 38.3 Å². The van der Waals surface area contributed by atoms with Gasteiger partial charge in [-0.15, -0.1) is 0 Å². The van der Waals surface area contributed by atoms with Gasteiger partial charge in [0.05, 0.1) is 10.5 Å². The summed E-state index contributed by atoms with van der Waals surface area (Å²) < 4.78 is 0.591. The van der Waals surface area contributed by atoms with Crippen LogP contribution in [0, 0.1) is 16.0 Å². The fourth-order valence-electron chi connectivity index (χ4n) is 2.84. The van der Waals surface area contributed by atoms with Crippen LogP contribution in [0.15, 0.2) is 22.7 Å². The van der Waals surface area contributed by atoms with Gasteiger partial charge in [-0.05, 0) is 40.8 Å². The van der Waals surface area contributed by atoms with Crippen LogP contribution in [0.5, 0.6) is 0 Å². The minimum absolute atomic E-state index is 0.0624. The van der Waals surface area contributed by atoms with Gasteiger partial charge in [0.25, 0.3) is 11.6 Å². The number of carbonyl (C=O) groups excluding carboxylic acids is 1. The van der Waals surface area contributed by atoms with Crippen LogP contribution in [0.25, 0.3) is 0 Å². The molecule has 114 valence electrons. The molecule has 1 fully saturated rings. The van der Waals surface area contributed by atoms with E-state index in [1.165, 1.54) is 31.4 Å². The molecule has 5 nitrogen and oxygen atoms in total. The van der Waals surface area contributed by atoms with E-state index >= 15 is 0 Å². The van der Waals surface area contributed by atoms with Gasteiger partial charge in [0, 0.05) is 30.2 Å². The maximum atomic E-state index is 12.5. The van der Waals surface area contributed by atoms with E-state index in [-0.39, 0.29) is 11.6 Å². The summed E-state index contributed by atoms with van der Waals surface area (Å²) in [6, 6.07) is 4.28. The second-order valence-corrected chi connectivity index (χ2v) is 6.47. The van der Waals surface area contributed by atoms with Gasteiger partial charge < -0.3 is 4.90 Å². The first-order valence-electron chi connectivity index (χ1n) is 7.18. The van der Waals surface area contributed by atoms with E-state index in [0.717, 1.165) is 12.8 Å². The molecule has 0 aromatic heterocycles. The predicted octanol–water partition coefficient (Wildman–Crippen LogP) is 4.01. The number of hydrogen-bond donors (Lipinski definition) is 0. The highest BCUT2D eigenvalue weighted by Gasteiger charge is 2.22.